The van der Waals surface area contributed by atoms with Crippen LogP contribution in [-0.2, 0) is 31.5 Å². The molecular weight excluding hydrogens is 448 g/mol. The van der Waals surface area contributed by atoms with Crippen LogP contribution >= 0.6 is 0 Å². The Hall–Kier alpha value is -2.51. The molecule has 0 heterocycles. The van der Waals surface area contributed by atoms with E-state index < -0.39 is 48.0 Å². The number of carbonyl (C=O) groups excluding carboxylic acids is 2. The molecule has 2 amide bonds. The molecule has 13 nitrogen and oxygen atoms in total. The molecule has 0 aromatic rings. The first kappa shape index (κ1) is 29.7. The van der Waals surface area contributed by atoms with Crippen LogP contribution in [0.5, 0.6) is 0 Å². The molecule has 14 heteroatoms. The second kappa shape index (κ2) is 14.5. The summed E-state index contributed by atoms with van der Waals surface area (Å²) >= 11 is 0. The molecule has 0 aliphatic rings. The van der Waals surface area contributed by atoms with Crippen molar-refractivity contribution in [3.63, 3.8) is 0 Å². The molecule has 0 aliphatic heterocycles. The average molecular weight is 476 g/mol. The van der Waals surface area contributed by atoms with E-state index in [0.29, 0.717) is 10.1 Å². The fraction of sp³-hybridized carbons (Fsp3) is 0.562. The SMILES string of the molecule is C=C(O)N(O)CCCNC(=O)CC(O)(CC(=O)NCCCN(O)C(=C)O)C(=O)O.[Fe]. The number of hydrogen-bond donors (Lipinski definition) is 8. The van der Waals surface area contributed by atoms with Gasteiger partial charge in [-0.3, -0.25) is 20.0 Å². The minimum Gasteiger partial charge on any atom is -0.494 e. The van der Waals surface area contributed by atoms with Gasteiger partial charge in [-0.05, 0) is 26.0 Å². The number of hydrogen-bond acceptors (Lipinski definition) is 10. The third-order valence-electron chi connectivity index (χ3n) is 3.64. The fourth-order valence-corrected chi connectivity index (χ4v) is 2.04. The standard InChI is InChI=1S/C16H28N4O9.Fe/c1-11(21)19(28)7-3-5-17-13(23)9-16(27,15(25)26)10-14(24)18-6-4-8-20(29)12(2)22;/h21-22,27-29H,1-10H2,(H,17,23)(H,18,24)(H,25,26);. The van der Waals surface area contributed by atoms with Crippen molar-refractivity contribution >= 4 is 17.8 Å². The van der Waals surface area contributed by atoms with E-state index >= 15 is 0 Å². The largest absolute Gasteiger partial charge is 0.494 e. The summed E-state index contributed by atoms with van der Waals surface area (Å²) in [5.41, 5.74) is -2.63. The number of aliphatic hydroxyl groups is 3. The van der Waals surface area contributed by atoms with Crippen molar-refractivity contribution < 1.29 is 62.3 Å². The van der Waals surface area contributed by atoms with E-state index in [1.54, 1.807) is 0 Å². The smallest absolute Gasteiger partial charge is 0.336 e. The minimum absolute atomic E-state index is 0. The molecule has 0 spiro atoms. The number of nitrogens with zero attached hydrogens (tertiary/aromatic N) is 2. The van der Waals surface area contributed by atoms with E-state index in [0.717, 1.165) is 0 Å². The van der Waals surface area contributed by atoms with E-state index in [1.165, 1.54) is 0 Å². The van der Waals surface area contributed by atoms with Gasteiger partial charge in [-0.25, -0.2) is 14.9 Å². The Morgan fingerprint density at radius 1 is 0.800 bits per heavy atom. The molecule has 0 rings (SSSR count). The molecule has 0 aromatic carbocycles. The molecule has 0 aliphatic carbocycles. The molecule has 174 valence electrons. The minimum atomic E-state index is -2.63. The van der Waals surface area contributed by atoms with Crippen molar-refractivity contribution in [3.8, 4) is 0 Å². The van der Waals surface area contributed by atoms with Gasteiger partial charge in [0.2, 0.25) is 23.6 Å². The van der Waals surface area contributed by atoms with Gasteiger partial charge < -0.3 is 31.1 Å². The van der Waals surface area contributed by atoms with E-state index in [2.05, 4.69) is 23.8 Å². The molecular formula is C16H28FeN4O9. The second-order valence-electron chi connectivity index (χ2n) is 6.18. The summed E-state index contributed by atoms with van der Waals surface area (Å²) < 4.78 is 0. The molecule has 0 aromatic heterocycles. The van der Waals surface area contributed by atoms with Crippen molar-refractivity contribution in [1.29, 1.82) is 0 Å². The normalized spacial score (nSPS) is 10.4. The summed E-state index contributed by atoms with van der Waals surface area (Å²) in [6, 6.07) is 0. The number of carbonyl (C=O) groups is 3. The van der Waals surface area contributed by atoms with E-state index in [4.69, 9.17) is 10.2 Å². The summed E-state index contributed by atoms with van der Waals surface area (Å²) in [5, 5.41) is 61.0. The van der Waals surface area contributed by atoms with Crippen LogP contribution in [0.1, 0.15) is 25.7 Å². The van der Waals surface area contributed by atoms with E-state index in [-0.39, 0.29) is 56.1 Å². The zero-order chi connectivity index (χ0) is 22.6. The number of aliphatic hydroxyl groups excluding tert-OH is 2. The Labute approximate surface area is 183 Å². The van der Waals surface area contributed by atoms with Gasteiger partial charge in [-0.15, -0.1) is 0 Å². The molecule has 0 radical (unpaired) electrons. The van der Waals surface area contributed by atoms with Crippen LogP contribution in [-0.4, -0.2) is 90.5 Å². The average Bonchev–Trinajstić information content (AvgIpc) is 2.61. The maximum Gasteiger partial charge on any atom is 0.336 e. The number of carboxylic acids is 1. The maximum absolute atomic E-state index is 11.8. The quantitative estimate of drug-likeness (QED) is 0.0625. The predicted octanol–water partition coefficient (Wildman–Crippen LogP) is -0.967. The predicted molar refractivity (Wildman–Crippen MR) is 97.6 cm³/mol. The third-order valence-corrected chi connectivity index (χ3v) is 3.64. The van der Waals surface area contributed by atoms with E-state index in [1.807, 2.05) is 0 Å². The van der Waals surface area contributed by atoms with Gasteiger partial charge in [-0.2, -0.15) is 0 Å². The number of carboxylic acid groups (broad SMARTS) is 1. The van der Waals surface area contributed by atoms with Crippen LogP contribution in [0.2, 0.25) is 0 Å². The van der Waals surface area contributed by atoms with Crippen molar-refractivity contribution in [2.24, 2.45) is 0 Å². The molecule has 0 atom stereocenters. The Morgan fingerprint density at radius 2 is 1.13 bits per heavy atom. The Bertz CT molecular complexity index is 576. The van der Waals surface area contributed by atoms with Crippen LogP contribution in [0, 0.1) is 0 Å². The van der Waals surface area contributed by atoms with Crippen LogP contribution < -0.4 is 10.6 Å². The van der Waals surface area contributed by atoms with Crippen LogP contribution in [0.3, 0.4) is 0 Å². The maximum atomic E-state index is 11.8. The van der Waals surface area contributed by atoms with Crippen molar-refractivity contribution in [1.82, 2.24) is 20.8 Å². The van der Waals surface area contributed by atoms with Gasteiger partial charge >= 0.3 is 5.97 Å². The van der Waals surface area contributed by atoms with E-state index in [9.17, 15) is 35.0 Å². The number of aliphatic carboxylic acids is 1. The van der Waals surface area contributed by atoms with Crippen molar-refractivity contribution in [2.75, 3.05) is 26.2 Å². The first-order valence-electron chi connectivity index (χ1n) is 8.56. The third kappa shape index (κ3) is 12.1. The van der Waals surface area contributed by atoms with Crippen LogP contribution in [0.15, 0.2) is 24.9 Å². The van der Waals surface area contributed by atoms with Crippen molar-refractivity contribution in [2.45, 2.75) is 31.3 Å². The molecule has 0 bridgehead atoms. The second-order valence-corrected chi connectivity index (χ2v) is 6.18. The Kier molecular flexibility index (Phi) is 14.3. The summed E-state index contributed by atoms with van der Waals surface area (Å²) in [7, 11) is 0. The van der Waals surface area contributed by atoms with Gasteiger partial charge in [0.15, 0.2) is 5.60 Å². The number of nitrogens with one attached hydrogen (secondary N) is 2. The first-order valence-corrected chi connectivity index (χ1v) is 8.56. The van der Waals surface area contributed by atoms with Gasteiger partial charge in [-0.1, -0.05) is 0 Å². The molecule has 30 heavy (non-hydrogen) atoms. The Balaban J connectivity index is 0. The summed E-state index contributed by atoms with van der Waals surface area (Å²) in [6.45, 7) is 6.11. The Morgan fingerprint density at radius 3 is 1.40 bits per heavy atom. The van der Waals surface area contributed by atoms with Gasteiger partial charge in [0, 0.05) is 30.2 Å². The number of hydroxylamine groups is 4. The summed E-state index contributed by atoms with van der Waals surface area (Å²) in [6.07, 6.45) is -1.37. The first-order chi connectivity index (χ1) is 13.4. The molecule has 0 unspecified atom stereocenters. The fourth-order valence-electron chi connectivity index (χ4n) is 2.04. The molecule has 0 saturated heterocycles. The van der Waals surface area contributed by atoms with Gasteiger partial charge in [0.1, 0.15) is 0 Å². The van der Waals surface area contributed by atoms with Crippen molar-refractivity contribution in [3.05, 3.63) is 24.9 Å². The van der Waals surface area contributed by atoms with Gasteiger partial charge in [0.25, 0.3) is 0 Å². The zero-order valence-electron chi connectivity index (χ0n) is 16.2. The zero-order valence-corrected chi connectivity index (χ0v) is 17.3. The summed E-state index contributed by atoms with van der Waals surface area (Å²) in [5.74, 6) is -4.55. The monoisotopic (exact) mass is 476 g/mol. The topological polar surface area (TPSA) is 203 Å². The number of amides is 2. The van der Waals surface area contributed by atoms with Crippen LogP contribution in [0.25, 0.3) is 0 Å². The van der Waals surface area contributed by atoms with Crippen LogP contribution in [0.4, 0.5) is 0 Å². The molecule has 0 saturated carbocycles. The number of rotatable bonds is 15. The summed E-state index contributed by atoms with van der Waals surface area (Å²) in [4.78, 5) is 35.0. The molecule has 8 N–H and O–H groups in total. The van der Waals surface area contributed by atoms with Gasteiger partial charge in [0.05, 0.1) is 25.9 Å². The molecule has 0 fully saturated rings.